The highest BCUT2D eigenvalue weighted by Gasteiger charge is 2.01. The quantitative estimate of drug-likeness (QED) is 0.260. The summed E-state index contributed by atoms with van der Waals surface area (Å²) < 4.78 is 4.93. The lowest BCUT2D eigenvalue weighted by Crippen LogP contribution is -2.06. The molecule has 0 N–H and O–H groups in total. The number of rotatable bonds is 4. The Morgan fingerprint density at radius 3 is 2.73 bits per heavy atom. The molecule has 0 heterocycles. The number of carbonyl (C=O) groups is 1. The Kier molecular flexibility index (Phi) is 5.62. The van der Waals surface area contributed by atoms with Crippen molar-refractivity contribution in [3.8, 4) is 0 Å². The Bertz CT molecular complexity index is 152. The zero-order valence-corrected chi connectivity index (χ0v) is 7.52. The first-order chi connectivity index (χ1) is 5.22. The molecule has 0 aromatic rings. The molecule has 0 atom stereocenters. The molecule has 0 aliphatic carbocycles. The SMILES string of the molecule is BC=C(C)C(=O)OCCCC. The number of unbranched alkanes of at least 4 members (excludes halogenated alkanes) is 1. The van der Waals surface area contributed by atoms with E-state index in [2.05, 4.69) is 6.92 Å². The van der Waals surface area contributed by atoms with Crippen LogP contribution in [0.1, 0.15) is 26.7 Å². The Labute approximate surface area is 69.0 Å². The van der Waals surface area contributed by atoms with Crippen LogP contribution in [0.2, 0.25) is 0 Å². The number of hydrogen-bond acceptors (Lipinski definition) is 2. The largest absolute Gasteiger partial charge is 0.462 e. The molecule has 0 saturated carbocycles. The van der Waals surface area contributed by atoms with Crippen LogP contribution in [0.3, 0.4) is 0 Å². The summed E-state index contributed by atoms with van der Waals surface area (Å²) in [6.07, 6.45) is 2.00. The Hall–Kier alpha value is -0.725. The molecular weight excluding hydrogens is 139 g/mol. The molecule has 0 bridgehead atoms. The zero-order valence-electron chi connectivity index (χ0n) is 7.52. The second-order valence-electron chi connectivity index (χ2n) is 2.46. The number of esters is 1. The standard InChI is InChI=1S/C8H15BO2/c1-3-4-5-11-8(10)7(2)6-9/h6H,3-5,9H2,1-2H3. The van der Waals surface area contributed by atoms with Gasteiger partial charge in [0.25, 0.3) is 0 Å². The molecule has 2 nitrogen and oxygen atoms in total. The minimum Gasteiger partial charge on any atom is -0.462 e. The molecule has 0 fully saturated rings. The first-order valence-corrected chi connectivity index (χ1v) is 4.02. The first-order valence-electron chi connectivity index (χ1n) is 4.02. The van der Waals surface area contributed by atoms with Crippen molar-refractivity contribution in [3.63, 3.8) is 0 Å². The fourth-order valence-electron chi connectivity index (χ4n) is 0.541. The van der Waals surface area contributed by atoms with Gasteiger partial charge in [0.05, 0.1) is 6.61 Å². The lowest BCUT2D eigenvalue weighted by atomic mass is 10.1. The van der Waals surface area contributed by atoms with Crippen molar-refractivity contribution in [1.29, 1.82) is 0 Å². The second kappa shape index (κ2) is 6.02. The highest BCUT2D eigenvalue weighted by molar-refractivity contribution is 6.19. The number of ether oxygens (including phenoxy) is 1. The van der Waals surface area contributed by atoms with Gasteiger partial charge < -0.3 is 4.74 Å². The van der Waals surface area contributed by atoms with E-state index in [1.807, 2.05) is 7.85 Å². The van der Waals surface area contributed by atoms with E-state index in [0.29, 0.717) is 12.2 Å². The monoisotopic (exact) mass is 154 g/mol. The fourth-order valence-corrected chi connectivity index (χ4v) is 0.541. The molecule has 0 radical (unpaired) electrons. The Morgan fingerprint density at radius 1 is 1.64 bits per heavy atom. The summed E-state index contributed by atoms with van der Waals surface area (Å²) in [4.78, 5) is 11.0. The van der Waals surface area contributed by atoms with Crippen molar-refractivity contribution in [2.24, 2.45) is 0 Å². The summed E-state index contributed by atoms with van der Waals surface area (Å²) in [5.41, 5.74) is 0.682. The molecule has 0 aliphatic heterocycles. The maximum Gasteiger partial charge on any atom is 0.332 e. The van der Waals surface area contributed by atoms with E-state index in [4.69, 9.17) is 4.74 Å². The van der Waals surface area contributed by atoms with Crippen molar-refractivity contribution in [1.82, 2.24) is 0 Å². The average Bonchev–Trinajstić information content (AvgIpc) is 2.03. The van der Waals surface area contributed by atoms with Gasteiger partial charge >= 0.3 is 5.97 Å². The first kappa shape index (κ1) is 10.3. The molecule has 62 valence electrons. The smallest absolute Gasteiger partial charge is 0.332 e. The zero-order chi connectivity index (χ0) is 8.69. The molecular formula is C8H15BO2. The van der Waals surface area contributed by atoms with Crippen molar-refractivity contribution >= 4 is 13.8 Å². The summed E-state index contributed by atoms with van der Waals surface area (Å²) in [5, 5.41) is 0. The lowest BCUT2D eigenvalue weighted by molar-refractivity contribution is -0.139. The van der Waals surface area contributed by atoms with Gasteiger partial charge in [-0.05, 0) is 13.3 Å². The molecule has 0 spiro atoms. The van der Waals surface area contributed by atoms with Crippen LogP contribution in [0.15, 0.2) is 11.5 Å². The van der Waals surface area contributed by atoms with E-state index < -0.39 is 0 Å². The van der Waals surface area contributed by atoms with Crippen LogP contribution in [-0.4, -0.2) is 20.4 Å². The maximum absolute atomic E-state index is 11.0. The van der Waals surface area contributed by atoms with E-state index in [-0.39, 0.29) is 5.97 Å². The third-order valence-electron chi connectivity index (χ3n) is 1.49. The minimum atomic E-state index is -0.194. The van der Waals surface area contributed by atoms with Gasteiger partial charge in [-0.3, -0.25) is 0 Å². The van der Waals surface area contributed by atoms with Crippen LogP contribution in [0.4, 0.5) is 0 Å². The third-order valence-corrected chi connectivity index (χ3v) is 1.49. The third kappa shape index (κ3) is 4.65. The van der Waals surface area contributed by atoms with Crippen molar-refractivity contribution in [2.45, 2.75) is 26.7 Å². The second-order valence-corrected chi connectivity index (χ2v) is 2.46. The van der Waals surface area contributed by atoms with Gasteiger partial charge in [-0.25, -0.2) is 4.79 Å². The normalized spacial score (nSPS) is 11.3. The summed E-state index contributed by atoms with van der Waals surface area (Å²) in [7, 11) is 1.83. The van der Waals surface area contributed by atoms with Crippen LogP contribution < -0.4 is 0 Å². The molecule has 0 unspecified atom stereocenters. The van der Waals surface area contributed by atoms with E-state index in [1.54, 1.807) is 12.9 Å². The van der Waals surface area contributed by atoms with Gasteiger partial charge in [0, 0.05) is 5.57 Å². The number of carbonyl (C=O) groups excluding carboxylic acids is 1. The predicted octanol–water partition coefficient (Wildman–Crippen LogP) is 0.867. The highest BCUT2D eigenvalue weighted by atomic mass is 16.5. The van der Waals surface area contributed by atoms with Gasteiger partial charge in [-0.2, -0.15) is 0 Å². The van der Waals surface area contributed by atoms with Crippen LogP contribution in [0.25, 0.3) is 0 Å². The Morgan fingerprint density at radius 2 is 2.27 bits per heavy atom. The van der Waals surface area contributed by atoms with Crippen LogP contribution in [0.5, 0.6) is 0 Å². The van der Waals surface area contributed by atoms with E-state index in [0.717, 1.165) is 12.8 Å². The fraction of sp³-hybridized carbons (Fsp3) is 0.625. The average molecular weight is 154 g/mol. The Balaban J connectivity index is 3.53. The van der Waals surface area contributed by atoms with Gasteiger partial charge in [-0.15, -0.1) is 5.98 Å². The van der Waals surface area contributed by atoms with Crippen molar-refractivity contribution in [3.05, 3.63) is 11.5 Å². The van der Waals surface area contributed by atoms with E-state index in [9.17, 15) is 4.79 Å². The molecule has 11 heavy (non-hydrogen) atoms. The maximum atomic E-state index is 11.0. The van der Waals surface area contributed by atoms with Crippen molar-refractivity contribution < 1.29 is 9.53 Å². The van der Waals surface area contributed by atoms with Crippen LogP contribution in [-0.2, 0) is 9.53 Å². The van der Waals surface area contributed by atoms with E-state index >= 15 is 0 Å². The minimum absolute atomic E-state index is 0.194. The van der Waals surface area contributed by atoms with Gasteiger partial charge in [0.2, 0.25) is 0 Å². The highest BCUT2D eigenvalue weighted by Crippen LogP contribution is 1.96. The molecule has 0 aromatic carbocycles. The van der Waals surface area contributed by atoms with Crippen LogP contribution in [0, 0.1) is 0 Å². The molecule has 0 amide bonds. The summed E-state index contributed by atoms with van der Waals surface area (Å²) in [6.45, 7) is 4.37. The topological polar surface area (TPSA) is 26.3 Å². The predicted molar refractivity (Wildman–Crippen MR) is 48.2 cm³/mol. The lowest BCUT2D eigenvalue weighted by Gasteiger charge is -2.02. The summed E-state index contributed by atoms with van der Waals surface area (Å²) in [6, 6.07) is 0. The van der Waals surface area contributed by atoms with Gasteiger partial charge in [-0.1, -0.05) is 13.3 Å². The van der Waals surface area contributed by atoms with Gasteiger partial charge in [0.15, 0.2) is 0 Å². The number of hydrogen-bond donors (Lipinski definition) is 0. The summed E-state index contributed by atoms with van der Waals surface area (Å²) in [5.74, 6) is 1.56. The molecule has 0 aliphatic rings. The molecule has 0 aromatic heterocycles. The van der Waals surface area contributed by atoms with Gasteiger partial charge in [0.1, 0.15) is 7.85 Å². The van der Waals surface area contributed by atoms with Crippen LogP contribution >= 0.6 is 0 Å². The molecule has 3 heteroatoms. The van der Waals surface area contributed by atoms with E-state index in [1.165, 1.54) is 0 Å². The van der Waals surface area contributed by atoms with Crippen molar-refractivity contribution in [2.75, 3.05) is 6.61 Å². The molecule has 0 saturated heterocycles. The summed E-state index contributed by atoms with van der Waals surface area (Å²) >= 11 is 0. The molecule has 0 rings (SSSR count).